The van der Waals surface area contributed by atoms with Crippen molar-refractivity contribution in [3.63, 3.8) is 0 Å². The molecule has 1 aliphatic rings. The molecule has 8 nitrogen and oxygen atoms in total. The van der Waals surface area contributed by atoms with Crippen LogP contribution in [0, 0.1) is 0 Å². The number of nitrogens with zero attached hydrogens (tertiary/aromatic N) is 5. The van der Waals surface area contributed by atoms with Crippen molar-refractivity contribution in [3.8, 4) is 0 Å². The Labute approximate surface area is 133 Å². The maximum Gasteiger partial charge on any atom is 0.270 e. The molecule has 0 unspecified atom stereocenters. The van der Waals surface area contributed by atoms with Crippen LogP contribution in [0.3, 0.4) is 0 Å². The number of piperidine rings is 1. The molecule has 0 aromatic carbocycles. The Bertz CT molecular complexity index is 737. The molecular formula is C15H18N6O2. The molecule has 0 saturated carbocycles. The normalized spacial score (nSPS) is 15.4. The van der Waals surface area contributed by atoms with Crippen molar-refractivity contribution in [2.75, 3.05) is 18.0 Å². The molecule has 3 rings (SSSR count). The summed E-state index contributed by atoms with van der Waals surface area (Å²) < 4.78 is 1.33. The van der Waals surface area contributed by atoms with Crippen LogP contribution in [0.4, 0.5) is 5.82 Å². The van der Waals surface area contributed by atoms with E-state index in [1.54, 1.807) is 25.4 Å². The van der Waals surface area contributed by atoms with Crippen molar-refractivity contribution < 1.29 is 4.79 Å². The molecule has 1 saturated heterocycles. The van der Waals surface area contributed by atoms with Gasteiger partial charge in [0.25, 0.3) is 11.5 Å². The molecule has 23 heavy (non-hydrogen) atoms. The van der Waals surface area contributed by atoms with Gasteiger partial charge in [0.15, 0.2) is 0 Å². The second-order valence-electron chi connectivity index (χ2n) is 5.48. The molecule has 1 N–H and O–H groups in total. The van der Waals surface area contributed by atoms with Gasteiger partial charge in [-0.25, -0.2) is 14.6 Å². The van der Waals surface area contributed by atoms with Gasteiger partial charge in [-0.1, -0.05) is 0 Å². The molecule has 0 bridgehead atoms. The average molecular weight is 314 g/mol. The monoisotopic (exact) mass is 314 g/mol. The summed E-state index contributed by atoms with van der Waals surface area (Å²) in [5.41, 5.74) is 0.253. The molecule has 1 aliphatic heterocycles. The zero-order valence-electron chi connectivity index (χ0n) is 12.8. The molecule has 2 aromatic rings. The van der Waals surface area contributed by atoms with Crippen LogP contribution in [0.15, 0.2) is 35.5 Å². The summed E-state index contributed by atoms with van der Waals surface area (Å²) in [6.07, 6.45) is 4.56. The fraction of sp³-hybridized carbons (Fsp3) is 0.400. The Morgan fingerprint density at radius 2 is 2.04 bits per heavy atom. The van der Waals surface area contributed by atoms with E-state index in [9.17, 15) is 9.59 Å². The van der Waals surface area contributed by atoms with E-state index in [0.29, 0.717) is 5.69 Å². The maximum atomic E-state index is 12.1. The number of anilines is 1. The molecular weight excluding hydrogens is 296 g/mol. The first-order valence-corrected chi connectivity index (χ1v) is 7.49. The van der Waals surface area contributed by atoms with E-state index in [-0.39, 0.29) is 17.5 Å². The minimum absolute atomic E-state index is 0.112. The van der Waals surface area contributed by atoms with Crippen molar-refractivity contribution in [2.45, 2.75) is 18.9 Å². The van der Waals surface area contributed by atoms with Gasteiger partial charge in [-0.15, -0.1) is 0 Å². The summed E-state index contributed by atoms with van der Waals surface area (Å²) in [6, 6.07) is 4.97. The van der Waals surface area contributed by atoms with Gasteiger partial charge in [0.05, 0.1) is 0 Å². The average Bonchev–Trinajstić information content (AvgIpc) is 2.59. The highest BCUT2D eigenvalue weighted by molar-refractivity contribution is 5.92. The summed E-state index contributed by atoms with van der Waals surface area (Å²) in [6.45, 7) is 1.56. The molecule has 120 valence electrons. The molecule has 0 aliphatic carbocycles. The minimum Gasteiger partial charge on any atom is -0.355 e. The lowest BCUT2D eigenvalue weighted by Gasteiger charge is -2.33. The number of aryl methyl sites for hydroxylation is 1. The SMILES string of the molecule is Cn1nc(N2CCC(NC(=O)c3ccncn3)CC2)ccc1=O. The summed E-state index contributed by atoms with van der Waals surface area (Å²) in [5, 5.41) is 7.25. The third kappa shape index (κ3) is 3.53. The maximum absolute atomic E-state index is 12.1. The topological polar surface area (TPSA) is 93.0 Å². The lowest BCUT2D eigenvalue weighted by Crippen LogP contribution is -2.45. The number of nitrogens with one attached hydrogen (secondary N) is 1. The molecule has 3 heterocycles. The van der Waals surface area contributed by atoms with Crippen molar-refractivity contribution in [1.29, 1.82) is 0 Å². The van der Waals surface area contributed by atoms with Gasteiger partial charge in [0, 0.05) is 38.4 Å². The number of hydrogen-bond acceptors (Lipinski definition) is 6. The van der Waals surface area contributed by atoms with Gasteiger partial charge in [-0.05, 0) is 25.0 Å². The fourth-order valence-electron chi connectivity index (χ4n) is 2.60. The van der Waals surface area contributed by atoms with Gasteiger partial charge < -0.3 is 10.2 Å². The minimum atomic E-state index is -0.175. The zero-order chi connectivity index (χ0) is 16.2. The van der Waals surface area contributed by atoms with Crippen LogP contribution in [-0.4, -0.2) is 44.8 Å². The number of hydrogen-bond donors (Lipinski definition) is 1. The van der Waals surface area contributed by atoms with Crippen molar-refractivity contribution in [2.24, 2.45) is 7.05 Å². The first-order valence-electron chi connectivity index (χ1n) is 7.49. The van der Waals surface area contributed by atoms with Gasteiger partial charge in [0.1, 0.15) is 17.8 Å². The van der Waals surface area contributed by atoms with Crippen LogP contribution in [0.2, 0.25) is 0 Å². The first-order chi connectivity index (χ1) is 11.1. The Hall–Kier alpha value is -2.77. The fourth-order valence-corrected chi connectivity index (χ4v) is 2.60. The second-order valence-corrected chi connectivity index (χ2v) is 5.48. The largest absolute Gasteiger partial charge is 0.355 e. The standard InChI is InChI=1S/C15H18N6O2/c1-20-14(22)3-2-13(19-20)21-8-5-11(6-9-21)18-15(23)12-4-7-16-10-17-12/h2-4,7,10-11H,5-6,8-9H2,1H3,(H,18,23). The number of carbonyl (C=O) groups excluding carboxylic acids is 1. The summed E-state index contributed by atoms with van der Waals surface area (Å²) in [5.74, 6) is 0.610. The van der Waals surface area contributed by atoms with E-state index in [1.807, 2.05) is 0 Å². The molecule has 0 radical (unpaired) electrons. The lowest BCUT2D eigenvalue weighted by molar-refractivity contribution is 0.0926. The van der Waals surface area contributed by atoms with E-state index >= 15 is 0 Å². The van der Waals surface area contributed by atoms with Gasteiger partial charge in [0.2, 0.25) is 0 Å². The van der Waals surface area contributed by atoms with Gasteiger partial charge in [-0.3, -0.25) is 9.59 Å². The van der Waals surface area contributed by atoms with Crippen molar-refractivity contribution >= 4 is 11.7 Å². The zero-order valence-corrected chi connectivity index (χ0v) is 12.8. The quantitative estimate of drug-likeness (QED) is 0.855. The predicted molar refractivity (Wildman–Crippen MR) is 84.2 cm³/mol. The molecule has 2 aromatic heterocycles. The van der Waals surface area contributed by atoms with E-state index in [0.717, 1.165) is 31.7 Å². The molecule has 1 fully saturated rings. The van der Waals surface area contributed by atoms with E-state index in [1.165, 1.54) is 17.1 Å². The van der Waals surface area contributed by atoms with Crippen LogP contribution in [-0.2, 0) is 7.05 Å². The second kappa shape index (κ2) is 6.55. The van der Waals surface area contributed by atoms with Crippen LogP contribution < -0.4 is 15.8 Å². The Balaban J connectivity index is 1.57. The number of amides is 1. The van der Waals surface area contributed by atoms with E-state index in [4.69, 9.17) is 0 Å². The Kier molecular flexibility index (Phi) is 4.31. The highest BCUT2D eigenvalue weighted by Gasteiger charge is 2.22. The van der Waals surface area contributed by atoms with Crippen LogP contribution in [0.25, 0.3) is 0 Å². The molecule has 0 atom stereocenters. The molecule has 1 amide bonds. The third-order valence-corrected chi connectivity index (χ3v) is 3.92. The van der Waals surface area contributed by atoms with E-state index < -0.39 is 0 Å². The van der Waals surface area contributed by atoms with Crippen molar-refractivity contribution in [1.82, 2.24) is 25.1 Å². The number of aromatic nitrogens is 4. The highest BCUT2D eigenvalue weighted by Crippen LogP contribution is 2.16. The summed E-state index contributed by atoms with van der Waals surface area (Å²) in [4.78, 5) is 33.3. The number of rotatable bonds is 3. The van der Waals surface area contributed by atoms with E-state index in [2.05, 4.69) is 25.3 Å². The van der Waals surface area contributed by atoms with Crippen LogP contribution in [0.1, 0.15) is 23.3 Å². The Morgan fingerprint density at radius 1 is 1.26 bits per heavy atom. The summed E-state index contributed by atoms with van der Waals surface area (Å²) >= 11 is 0. The molecule has 8 heteroatoms. The smallest absolute Gasteiger partial charge is 0.270 e. The van der Waals surface area contributed by atoms with Crippen LogP contribution in [0.5, 0.6) is 0 Å². The summed E-state index contributed by atoms with van der Waals surface area (Å²) in [7, 11) is 1.64. The van der Waals surface area contributed by atoms with Gasteiger partial charge in [-0.2, -0.15) is 5.10 Å². The predicted octanol–water partition coefficient (Wildman–Crippen LogP) is -0.0309. The third-order valence-electron chi connectivity index (χ3n) is 3.92. The first kappa shape index (κ1) is 15.1. The highest BCUT2D eigenvalue weighted by atomic mass is 16.2. The Morgan fingerprint density at radius 3 is 2.70 bits per heavy atom. The lowest BCUT2D eigenvalue weighted by atomic mass is 10.0. The molecule has 0 spiro atoms. The van der Waals surface area contributed by atoms with Gasteiger partial charge >= 0.3 is 0 Å². The number of carbonyl (C=O) groups is 1. The van der Waals surface area contributed by atoms with Crippen LogP contribution >= 0.6 is 0 Å². The van der Waals surface area contributed by atoms with Crippen molar-refractivity contribution in [3.05, 3.63) is 46.8 Å².